The number of phenols is 2. The van der Waals surface area contributed by atoms with Gasteiger partial charge in [-0.05, 0) is 103 Å². The average Bonchev–Trinajstić information content (AvgIpc) is 3.30. The minimum absolute atomic E-state index is 0.0556. The molecule has 2 heterocycles. The molecule has 0 aromatic heterocycles. The van der Waals surface area contributed by atoms with Gasteiger partial charge in [-0.2, -0.15) is 0 Å². The SMILES string of the molecule is CCc1c(Cl)c(O)c(Cl)c(O)c1C(=O)O[C@H]1[C@H](O)[C@H](OC)[C@H](OC/C(=C\C=C\C[C@H](O)/C(C)=C/[C@H](CC)[C@@H](O[C@@H]2OC(C)(C)[C@@H](OC(=O)C(C)C)[C@H](O)[C@@H]2O)/C(C)=C/C(C)=C/CC[C@H](C)O)C(=O)O)O[C@@H]1C. The summed E-state index contributed by atoms with van der Waals surface area (Å²) in [5.41, 5.74) is 0.358. The van der Waals surface area contributed by atoms with Crippen molar-refractivity contribution in [3.05, 3.63) is 79.9 Å². The third-order valence-electron chi connectivity index (χ3n) is 12.6. The van der Waals surface area contributed by atoms with E-state index in [2.05, 4.69) is 0 Å². The summed E-state index contributed by atoms with van der Waals surface area (Å²) in [7, 11) is 1.24. The normalized spacial score (nSPS) is 27.1. The second-order valence-electron chi connectivity index (χ2n) is 19.2. The number of carboxylic acids is 1. The number of phenolic OH excluding ortho intramolecular Hbond substituents is 2. The molecule has 13 atom stereocenters. The van der Waals surface area contributed by atoms with Gasteiger partial charge in [-0.1, -0.05) is 86.9 Å². The number of rotatable bonds is 24. The molecule has 2 aliphatic rings. The Morgan fingerprint density at radius 2 is 1.54 bits per heavy atom. The maximum absolute atomic E-state index is 13.4. The van der Waals surface area contributed by atoms with Crippen LogP contribution in [0.5, 0.6) is 11.5 Å². The van der Waals surface area contributed by atoms with E-state index in [4.69, 9.17) is 56.4 Å². The standard InChI is InChI=1S/C52H76Cl2O18/c1-13-31(43(28(7)22-26(5)18-17-19-29(8)55)70-50-41(60)40(59)46(52(10,11)72-50)71-48(64)25(3)4)23-27(6)34(56)21-16-15-20-32(47(62)63)24-67-51-45(66-12)42(61)44(30(9)68-51)69-49(65)35-33(14-2)36(53)39(58)37(54)38(35)57/h15-16,18,20,22-23,25,29-31,34,40-46,50-51,55-61H,13-14,17,19,21,24H2,1-12H3,(H,62,63)/b16-15+,26-18+,27-23+,28-22+,32-20+/t29-,30+,31-,34-,40+,41-,42-,43-,44+,45-,46-,50+,51+/m0/s1. The van der Waals surface area contributed by atoms with Crippen molar-refractivity contribution in [3.63, 3.8) is 0 Å². The van der Waals surface area contributed by atoms with Gasteiger partial charge >= 0.3 is 17.9 Å². The summed E-state index contributed by atoms with van der Waals surface area (Å²) < 4.78 is 41.0. The van der Waals surface area contributed by atoms with Crippen LogP contribution in [0.4, 0.5) is 0 Å². The Morgan fingerprint density at radius 1 is 0.889 bits per heavy atom. The number of hydrogen-bond acceptors (Lipinski definition) is 17. The monoisotopic (exact) mass is 1060 g/mol. The molecule has 0 amide bonds. The van der Waals surface area contributed by atoms with Crippen LogP contribution in [0.1, 0.15) is 118 Å². The van der Waals surface area contributed by atoms with Crippen molar-refractivity contribution < 1.29 is 88.4 Å². The van der Waals surface area contributed by atoms with E-state index < -0.39 is 138 Å². The largest absolute Gasteiger partial charge is 0.505 e. The number of methoxy groups -OCH3 is 1. The van der Waals surface area contributed by atoms with Crippen LogP contribution in [0, 0.1) is 11.8 Å². The van der Waals surface area contributed by atoms with Crippen LogP contribution in [0.15, 0.2) is 58.7 Å². The summed E-state index contributed by atoms with van der Waals surface area (Å²) in [6, 6.07) is 0. The molecule has 20 heteroatoms. The van der Waals surface area contributed by atoms with Gasteiger partial charge in [0.2, 0.25) is 0 Å². The van der Waals surface area contributed by atoms with Gasteiger partial charge in [0.25, 0.3) is 0 Å². The number of halogens is 2. The zero-order valence-corrected chi connectivity index (χ0v) is 44.7. The first kappa shape index (κ1) is 62.4. The lowest BCUT2D eigenvalue weighted by Gasteiger charge is -2.47. The van der Waals surface area contributed by atoms with Crippen LogP contribution in [0.25, 0.3) is 0 Å². The third kappa shape index (κ3) is 16.3. The molecule has 2 fully saturated rings. The Balaban J connectivity index is 1.79. The molecule has 0 radical (unpaired) electrons. The van der Waals surface area contributed by atoms with Crippen molar-refractivity contribution >= 4 is 41.1 Å². The molecule has 2 saturated heterocycles. The Hall–Kier alpha value is -3.89. The Bertz CT molecular complexity index is 2160. The fourth-order valence-corrected chi connectivity index (χ4v) is 8.86. The van der Waals surface area contributed by atoms with Crippen molar-refractivity contribution in [2.75, 3.05) is 13.7 Å². The van der Waals surface area contributed by atoms with Gasteiger partial charge in [0.1, 0.15) is 40.6 Å². The maximum atomic E-state index is 13.4. The number of carbonyl (C=O) groups is 3. The predicted octanol–water partition coefficient (Wildman–Crippen LogP) is 6.78. The van der Waals surface area contributed by atoms with Crippen molar-refractivity contribution in [3.8, 4) is 11.5 Å². The predicted molar refractivity (Wildman–Crippen MR) is 267 cm³/mol. The summed E-state index contributed by atoms with van der Waals surface area (Å²) in [5.74, 6) is -5.28. The maximum Gasteiger partial charge on any atom is 0.342 e. The Labute approximate surface area is 432 Å². The summed E-state index contributed by atoms with van der Waals surface area (Å²) in [6.07, 6.45) is -2.63. The van der Waals surface area contributed by atoms with Gasteiger partial charge < -0.3 is 74.0 Å². The summed E-state index contributed by atoms with van der Waals surface area (Å²) in [6.45, 7) is 18.3. The zero-order valence-electron chi connectivity index (χ0n) is 43.2. The minimum Gasteiger partial charge on any atom is -0.505 e. The van der Waals surface area contributed by atoms with E-state index in [0.29, 0.717) is 24.8 Å². The second kappa shape index (κ2) is 28.1. The van der Waals surface area contributed by atoms with Gasteiger partial charge in [-0.3, -0.25) is 4.79 Å². The zero-order chi connectivity index (χ0) is 54.5. The van der Waals surface area contributed by atoms with Crippen molar-refractivity contribution in [2.45, 2.75) is 187 Å². The fourth-order valence-electron chi connectivity index (χ4n) is 8.30. The number of ether oxygens (including phenoxy) is 7. The third-order valence-corrected chi connectivity index (χ3v) is 13.3. The van der Waals surface area contributed by atoms with Gasteiger partial charge in [0.15, 0.2) is 36.3 Å². The molecular formula is C52H76Cl2O18. The van der Waals surface area contributed by atoms with Crippen molar-refractivity contribution in [2.24, 2.45) is 11.8 Å². The lowest BCUT2D eigenvalue weighted by Crippen LogP contribution is -2.64. The molecule has 0 saturated carbocycles. The molecule has 8 N–H and O–H groups in total. The number of benzene rings is 1. The lowest BCUT2D eigenvalue weighted by molar-refractivity contribution is -0.333. The first-order valence-corrected chi connectivity index (χ1v) is 24.9. The van der Waals surface area contributed by atoms with Gasteiger partial charge in [-0.15, -0.1) is 0 Å². The molecule has 406 valence electrons. The van der Waals surface area contributed by atoms with E-state index in [1.807, 2.05) is 39.0 Å². The number of esters is 2. The quantitative estimate of drug-likeness (QED) is 0.0229. The summed E-state index contributed by atoms with van der Waals surface area (Å²) in [5, 5.41) is 84.9. The molecule has 1 aromatic rings. The molecule has 2 aliphatic heterocycles. The molecule has 3 rings (SSSR count). The number of aromatic hydroxyl groups is 2. The highest BCUT2D eigenvalue weighted by atomic mass is 35.5. The highest BCUT2D eigenvalue weighted by Gasteiger charge is 2.53. The number of carbonyl (C=O) groups excluding carboxylic acids is 2. The first-order chi connectivity index (χ1) is 33.6. The van der Waals surface area contributed by atoms with E-state index in [-0.39, 0.29) is 29.0 Å². The highest BCUT2D eigenvalue weighted by Crippen LogP contribution is 2.45. The minimum atomic E-state index is -1.60. The van der Waals surface area contributed by atoms with Crippen molar-refractivity contribution in [1.29, 1.82) is 0 Å². The van der Waals surface area contributed by atoms with E-state index in [0.717, 1.165) is 11.1 Å². The van der Waals surface area contributed by atoms with Crippen LogP contribution in [0.3, 0.4) is 0 Å². The van der Waals surface area contributed by atoms with Crippen molar-refractivity contribution in [1.82, 2.24) is 0 Å². The van der Waals surface area contributed by atoms with Gasteiger partial charge in [0, 0.05) is 13.0 Å². The van der Waals surface area contributed by atoms with Crippen LogP contribution < -0.4 is 0 Å². The average molecular weight is 1060 g/mol. The number of aliphatic carboxylic acids is 1. The van der Waals surface area contributed by atoms with Crippen LogP contribution in [-0.4, -0.2) is 152 Å². The molecule has 0 spiro atoms. The molecule has 1 aromatic carbocycles. The molecule has 18 nitrogen and oxygen atoms in total. The Morgan fingerprint density at radius 3 is 2.11 bits per heavy atom. The lowest BCUT2D eigenvalue weighted by atomic mass is 9.88. The molecule has 0 aliphatic carbocycles. The summed E-state index contributed by atoms with van der Waals surface area (Å²) in [4.78, 5) is 38.2. The number of aliphatic hydroxyl groups is 5. The number of hydrogen-bond donors (Lipinski definition) is 8. The Kier molecular flexibility index (Phi) is 24.4. The van der Waals surface area contributed by atoms with Gasteiger partial charge in [0.05, 0.1) is 47.5 Å². The van der Waals surface area contributed by atoms with E-state index in [1.165, 1.54) is 26.2 Å². The smallest absolute Gasteiger partial charge is 0.342 e. The van der Waals surface area contributed by atoms with E-state index in [1.54, 1.807) is 54.5 Å². The number of aliphatic hydroxyl groups excluding tert-OH is 5. The first-order valence-electron chi connectivity index (χ1n) is 24.1. The van der Waals surface area contributed by atoms with E-state index in [9.17, 15) is 55.2 Å². The highest BCUT2D eigenvalue weighted by molar-refractivity contribution is 6.39. The fraction of sp³-hybridized carbons (Fsp3) is 0.635. The topological polar surface area (TPSA) is 278 Å². The molecule has 0 unspecified atom stereocenters. The number of carboxylic acid groups (broad SMARTS) is 1. The van der Waals surface area contributed by atoms with Crippen LogP contribution in [-0.2, 0) is 49.2 Å². The van der Waals surface area contributed by atoms with E-state index >= 15 is 0 Å². The molecular weight excluding hydrogens is 983 g/mol. The van der Waals surface area contributed by atoms with Gasteiger partial charge in [-0.25, -0.2) is 9.59 Å². The molecule has 0 bridgehead atoms. The number of allylic oxidation sites excluding steroid dienone is 5. The summed E-state index contributed by atoms with van der Waals surface area (Å²) >= 11 is 12.2. The molecule has 72 heavy (non-hydrogen) atoms. The van der Waals surface area contributed by atoms with Crippen LogP contribution in [0.2, 0.25) is 10.0 Å². The second-order valence-corrected chi connectivity index (χ2v) is 19.9. The van der Waals surface area contributed by atoms with Crippen LogP contribution >= 0.6 is 23.2 Å².